The number of anilines is 1. The Morgan fingerprint density at radius 3 is 2.95 bits per heavy atom. The highest BCUT2D eigenvalue weighted by molar-refractivity contribution is 5.91. The predicted octanol–water partition coefficient (Wildman–Crippen LogP) is 1.43. The third kappa shape index (κ3) is 4.09. The molecule has 7 nitrogen and oxygen atoms in total. The minimum Gasteiger partial charge on any atom is -0.327 e. The average molecular weight is 288 g/mol. The lowest BCUT2D eigenvalue weighted by Gasteiger charge is -2.11. The Labute approximate surface area is 123 Å². The maximum absolute atomic E-state index is 11.9. The number of nitrogens with zero attached hydrogens (tertiary/aromatic N) is 4. The van der Waals surface area contributed by atoms with Crippen LogP contribution in [0.15, 0.2) is 24.3 Å². The van der Waals surface area contributed by atoms with Crippen LogP contribution in [0.25, 0.3) is 5.69 Å². The van der Waals surface area contributed by atoms with Crippen molar-refractivity contribution in [2.24, 2.45) is 5.73 Å². The first-order valence-corrected chi connectivity index (χ1v) is 7.01. The fraction of sp³-hybridized carbons (Fsp3) is 0.429. The molecule has 1 aromatic heterocycles. The van der Waals surface area contributed by atoms with Crippen LogP contribution in [0, 0.1) is 6.92 Å². The Kier molecular flexibility index (Phi) is 4.99. The van der Waals surface area contributed by atoms with Gasteiger partial charge in [-0.3, -0.25) is 4.79 Å². The number of carbonyl (C=O) groups is 1. The summed E-state index contributed by atoms with van der Waals surface area (Å²) in [5.41, 5.74) is 7.38. The summed E-state index contributed by atoms with van der Waals surface area (Å²) in [5.74, 6) is 0.602. The number of aromatic nitrogens is 4. The number of benzene rings is 1. The second-order valence-corrected chi connectivity index (χ2v) is 4.99. The average Bonchev–Trinajstić information content (AvgIpc) is 2.85. The number of nitrogens with two attached hydrogens (primary N) is 1. The van der Waals surface area contributed by atoms with Gasteiger partial charge < -0.3 is 11.1 Å². The van der Waals surface area contributed by atoms with E-state index in [-0.39, 0.29) is 11.9 Å². The van der Waals surface area contributed by atoms with Crippen LogP contribution in [-0.4, -0.2) is 32.2 Å². The molecule has 0 aliphatic carbocycles. The van der Waals surface area contributed by atoms with Crippen LogP contribution >= 0.6 is 0 Å². The Morgan fingerprint density at radius 2 is 2.29 bits per heavy atom. The van der Waals surface area contributed by atoms with E-state index in [9.17, 15) is 4.79 Å². The molecule has 21 heavy (non-hydrogen) atoms. The summed E-state index contributed by atoms with van der Waals surface area (Å²) in [5, 5.41) is 14.2. The van der Waals surface area contributed by atoms with Crippen molar-refractivity contribution in [2.75, 3.05) is 5.32 Å². The molecular weight excluding hydrogens is 268 g/mol. The van der Waals surface area contributed by atoms with E-state index in [1.54, 1.807) is 4.68 Å². The highest BCUT2D eigenvalue weighted by Crippen LogP contribution is 2.15. The van der Waals surface area contributed by atoms with Crippen molar-refractivity contribution < 1.29 is 4.79 Å². The van der Waals surface area contributed by atoms with Gasteiger partial charge in [0.25, 0.3) is 0 Å². The minimum absolute atomic E-state index is 0.0819. The molecule has 1 aromatic carbocycles. The zero-order chi connectivity index (χ0) is 15.2. The number of carbonyl (C=O) groups excluding carboxylic acids is 1. The van der Waals surface area contributed by atoms with Crippen molar-refractivity contribution in [1.29, 1.82) is 0 Å². The molecule has 2 aromatic rings. The molecule has 0 saturated carbocycles. The van der Waals surface area contributed by atoms with E-state index >= 15 is 0 Å². The number of amides is 1. The van der Waals surface area contributed by atoms with Gasteiger partial charge in [0.05, 0.1) is 5.69 Å². The maximum atomic E-state index is 11.9. The minimum atomic E-state index is -0.0973. The van der Waals surface area contributed by atoms with Gasteiger partial charge in [0.1, 0.15) is 0 Å². The van der Waals surface area contributed by atoms with E-state index in [0.29, 0.717) is 17.9 Å². The lowest BCUT2D eigenvalue weighted by Crippen LogP contribution is -2.26. The van der Waals surface area contributed by atoms with Crippen LogP contribution in [0.5, 0.6) is 0 Å². The van der Waals surface area contributed by atoms with Gasteiger partial charge in [-0.25, -0.2) is 0 Å². The monoisotopic (exact) mass is 288 g/mol. The first-order chi connectivity index (χ1) is 10.1. The highest BCUT2D eigenvalue weighted by atomic mass is 16.1. The Bertz CT molecular complexity index is 609. The topological polar surface area (TPSA) is 98.7 Å². The number of rotatable bonds is 6. The molecule has 0 saturated heterocycles. The SMILES string of the molecule is CCCC(N)CC(=O)Nc1cccc(-n2nnnc2C)c1. The number of aryl methyl sites for hydroxylation is 1. The number of hydrogen-bond acceptors (Lipinski definition) is 5. The third-order valence-corrected chi connectivity index (χ3v) is 3.11. The molecule has 0 fully saturated rings. The molecule has 0 spiro atoms. The summed E-state index contributed by atoms with van der Waals surface area (Å²) in [6, 6.07) is 7.28. The zero-order valence-electron chi connectivity index (χ0n) is 12.3. The van der Waals surface area contributed by atoms with Gasteiger partial charge in [-0.2, -0.15) is 4.68 Å². The van der Waals surface area contributed by atoms with Crippen molar-refractivity contribution in [1.82, 2.24) is 20.2 Å². The molecular formula is C14H20N6O. The van der Waals surface area contributed by atoms with Crippen LogP contribution in [0.2, 0.25) is 0 Å². The van der Waals surface area contributed by atoms with Gasteiger partial charge in [-0.15, -0.1) is 5.10 Å². The van der Waals surface area contributed by atoms with Gasteiger partial charge in [-0.1, -0.05) is 19.4 Å². The fourth-order valence-corrected chi connectivity index (χ4v) is 2.11. The molecule has 112 valence electrons. The molecule has 1 amide bonds. The van der Waals surface area contributed by atoms with Crippen molar-refractivity contribution in [3.63, 3.8) is 0 Å². The first kappa shape index (κ1) is 15.1. The lowest BCUT2D eigenvalue weighted by molar-refractivity contribution is -0.116. The lowest BCUT2D eigenvalue weighted by atomic mass is 10.1. The molecule has 0 aliphatic heterocycles. The summed E-state index contributed by atoms with van der Waals surface area (Å²) in [4.78, 5) is 11.9. The van der Waals surface area contributed by atoms with E-state index in [1.807, 2.05) is 31.2 Å². The van der Waals surface area contributed by atoms with Crippen LogP contribution in [0.4, 0.5) is 5.69 Å². The van der Waals surface area contributed by atoms with Gasteiger partial charge >= 0.3 is 0 Å². The molecule has 0 bridgehead atoms. The summed E-state index contributed by atoms with van der Waals surface area (Å²) in [6.45, 7) is 3.87. The molecule has 1 unspecified atom stereocenters. The van der Waals surface area contributed by atoms with E-state index in [2.05, 4.69) is 27.8 Å². The smallest absolute Gasteiger partial charge is 0.225 e. The molecule has 1 heterocycles. The third-order valence-electron chi connectivity index (χ3n) is 3.11. The van der Waals surface area contributed by atoms with Crippen LogP contribution < -0.4 is 11.1 Å². The predicted molar refractivity (Wildman–Crippen MR) is 80.0 cm³/mol. The first-order valence-electron chi connectivity index (χ1n) is 7.01. The van der Waals surface area contributed by atoms with Crippen LogP contribution in [0.3, 0.4) is 0 Å². The molecule has 0 aliphatic rings. The van der Waals surface area contributed by atoms with Gasteiger partial charge in [0, 0.05) is 18.2 Å². The standard InChI is InChI=1S/C14H20N6O/c1-3-5-11(15)8-14(21)16-12-6-4-7-13(9-12)20-10(2)17-18-19-20/h4,6-7,9,11H,3,5,8,15H2,1-2H3,(H,16,21). The molecule has 3 N–H and O–H groups in total. The maximum Gasteiger partial charge on any atom is 0.225 e. The summed E-state index contributed by atoms with van der Waals surface area (Å²) >= 11 is 0. The van der Waals surface area contributed by atoms with Gasteiger partial charge in [0.2, 0.25) is 5.91 Å². The number of tetrazole rings is 1. The summed E-state index contributed by atoms with van der Waals surface area (Å²) in [7, 11) is 0. The highest BCUT2D eigenvalue weighted by Gasteiger charge is 2.10. The number of hydrogen-bond donors (Lipinski definition) is 2. The van der Waals surface area contributed by atoms with Crippen molar-refractivity contribution >= 4 is 11.6 Å². The van der Waals surface area contributed by atoms with E-state index in [0.717, 1.165) is 18.5 Å². The van der Waals surface area contributed by atoms with Crippen LogP contribution in [-0.2, 0) is 4.79 Å². The van der Waals surface area contributed by atoms with Crippen molar-refractivity contribution in [3.8, 4) is 5.69 Å². The van der Waals surface area contributed by atoms with Gasteiger partial charge in [0.15, 0.2) is 5.82 Å². The summed E-state index contributed by atoms with van der Waals surface area (Å²) < 4.78 is 1.61. The largest absolute Gasteiger partial charge is 0.327 e. The van der Waals surface area contributed by atoms with Crippen molar-refractivity contribution in [2.45, 2.75) is 39.2 Å². The molecule has 7 heteroatoms. The van der Waals surface area contributed by atoms with E-state index < -0.39 is 0 Å². The zero-order valence-corrected chi connectivity index (χ0v) is 12.3. The molecule has 2 rings (SSSR count). The quantitative estimate of drug-likeness (QED) is 0.837. The van der Waals surface area contributed by atoms with E-state index in [1.165, 1.54) is 0 Å². The van der Waals surface area contributed by atoms with E-state index in [4.69, 9.17) is 5.73 Å². The van der Waals surface area contributed by atoms with Crippen molar-refractivity contribution in [3.05, 3.63) is 30.1 Å². The fourth-order valence-electron chi connectivity index (χ4n) is 2.11. The number of nitrogens with one attached hydrogen (secondary N) is 1. The van der Waals surface area contributed by atoms with Crippen LogP contribution in [0.1, 0.15) is 32.0 Å². The Balaban J connectivity index is 2.05. The second-order valence-electron chi connectivity index (χ2n) is 4.99. The molecule has 1 atom stereocenters. The normalized spacial score (nSPS) is 12.1. The Morgan fingerprint density at radius 1 is 1.48 bits per heavy atom. The summed E-state index contributed by atoms with van der Waals surface area (Å²) in [6.07, 6.45) is 2.14. The second kappa shape index (κ2) is 6.94. The van der Waals surface area contributed by atoms with Gasteiger partial charge in [-0.05, 0) is 42.0 Å². The Hall–Kier alpha value is -2.28. The molecule has 0 radical (unpaired) electrons.